The number of hydrogen-bond acceptors (Lipinski definition) is 3. The van der Waals surface area contributed by atoms with Crippen molar-refractivity contribution < 1.29 is 9.47 Å². The zero-order chi connectivity index (χ0) is 13.5. The average Bonchev–Trinajstić information content (AvgIpc) is 2.96. The van der Waals surface area contributed by atoms with Crippen LogP contribution in [0.15, 0.2) is 36.8 Å². The van der Waals surface area contributed by atoms with E-state index in [0.717, 1.165) is 35.6 Å². The lowest BCUT2D eigenvalue weighted by Crippen LogP contribution is -1.96. The minimum Gasteiger partial charge on any atom is -0.496 e. The molecule has 1 aromatic carbocycles. The number of nitrogens with one attached hydrogen (secondary N) is 1. The molecule has 0 bridgehead atoms. The maximum atomic E-state index is 5.37. The van der Waals surface area contributed by atoms with Gasteiger partial charge < -0.3 is 14.5 Å². The number of allylic oxidation sites excluding steroid dienone is 1. The second-order valence-corrected chi connectivity index (χ2v) is 4.09. The van der Waals surface area contributed by atoms with E-state index in [-0.39, 0.29) is 0 Å². The van der Waals surface area contributed by atoms with Crippen LogP contribution >= 0.6 is 0 Å². The molecule has 0 aliphatic rings. The first kappa shape index (κ1) is 13.2. The third-order valence-corrected chi connectivity index (χ3v) is 2.91. The van der Waals surface area contributed by atoms with Gasteiger partial charge in [0.05, 0.1) is 32.4 Å². The van der Waals surface area contributed by atoms with E-state index in [4.69, 9.17) is 9.47 Å². The standard InChI is InChI=1S/C15H18N2O2/c1-18-14-8-5-9-15(19-2)13(14)7-4-3-6-12-10-16-11-17-12/h3,5-6,8-11H,4,7H2,1-2H3,(H,16,17). The van der Waals surface area contributed by atoms with E-state index < -0.39 is 0 Å². The molecule has 19 heavy (non-hydrogen) atoms. The van der Waals surface area contributed by atoms with Crippen LogP contribution in [0.25, 0.3) is 6.08 Å². The van der Waals surface area contributed by atoms with Crippen LogP contribution in [0, 0.1) is 0 Å². The number of hydrogen-bond donors (Lipinski definition) is 1. The van der Waals surface area contributed by atoms with E-state index in [0.29, 0.717) is 0 Å². The van der Waals surface area contributed by atoms with Crippen LogP contribution in [-0.2, 0) is 6.42 Å². The molecule has 1 aromatic heterocycles. The fourth-order valence-corrected chi connectivity index (χ4v) is 1.97. The molecule has 0 radical (unpaired) electrons. The highest BCUT2D eigenvalue weighted by Gasteiger charge is 2.08. The first-order valence-electron chi connectivity index (χ1n) is 6.20. The summed E-state index contributed by atoms with van der Waals surface area (Å²) in [5.41, 5.74) is 2.11. The summed E-state index contributed by atoms with van der Waals surface area (Å²) in [6, 6.07) is 5.84. The maximum absolute atomic E-state index is 5.37. The topological polar surface area (TPSA) is 47.1 Å². The zero-order valence-corrected chi connectivity index (χ0v) is 11.2. The van der Waals surface area contributed by atoms with E-state index in [1.54, 1.807) is 26.7 Å². The molecule has 0 unspecified atom stereocenters. The smallest absolute Gasteiger partial charge is 0.125 e. The van der Waals surface area contributed by atoms with Gasteiger partial charge in [0.2, 0.25) is 0 Å². The Kier molecular flexibility index (Phi) is 4.61. The van der Waals surface area contributed by atoms with Gasteiger partial charge in [-0.15, -0.1) is 0 Å². The molecular formula is C15H18N2O2. The summed E-state index contributed by atoms with van der Waals surface area (Å²) in [7, 11) is 3.36. The van der Waals surface area contributed by atoms with Crippen molar-refractivity contribution >= 4 is 6.08 Å². The summed E-state index contributed by atoms with van der Waals surface area (Å²) in [4.78, 5) is 7.00. The van der Waals surface area contributed by atoms with Crippen molar-refractivity contribution in [1.82, 2.24) is 9.97 Å². The second-order valence-electron chi connectivity index (χ2n) is 4.09. The number of methoxy groups -OCH3 is 2. The van der Waals surface area contributed by atoms with Crippen LogP contribution in [0.1, 0.15) is 17.7 Å². The molecule has 100 valence electrons. The van der Waals surface area contributed by atoms with E-state index in [1.165, 1.54) is 0 Å². The van der Waals surface area contributed by atoms with Crippen LogP contribution in [-0.4, -0.2) is 24.2 Å². The zero-order valence-electron chi connectivity index (χ0n) is 11.2. The number of nitrogens with zero attached hydrogens (tertiary/aromatic N) is 1. The molecule has 0 aliphatic heterocycles. The van der Waals surface area contributed by atoms with Gasteiger partial charge in [-0.1, -0.05) is 12.1 Å². The summed E-state index contributed by atoms with van der Waals surface area (Å²) in [6.07, 6.45) is 9.38. The summed E-state index contributed by atoms with van der Waals surface area (Å²) in [5, 5.41) is 0. The largest absolute Gasteiger partial charge is 0.496 e. The Balaban J connectivity index is 2.02. The Morgan fingerprint density at radius 2 is 1.95 bits per heavy atom. The molecule has 0 atom stereocenters. The number of aromatic amines is 1. The highest BCUT2D eigenvalue weighted by atomic mass is 16.5. The highest BCUT2D eigenvalue weighted by Crippen LogP contribution is 2.29. The number of rotatable bonds is 6. The van der Waals surface area contributed by atoms with Crippen molar-refractivity contribution in [2.24, 2.45) is 0 Å². The lowest BCUT2D eigenvalue weighted by Gasteiger charge is -2.11. The van der Waals surface area contributed by atoms with E-state index in [1.807, 2.05) is 24.3 Å². The van der Waals surface area contributed by atoms with E-state index in [9.17, 15) is 0 Å². The Morgan fingerprint density at radius 1 is 1.21 bits per heavy atom. The minimum atomic E-state index is 0.870. The highest BCUT2D eigenvalue weighted by molar-refractivity contribution is 5.46. The molecule has 1 N–H and O–H groups in total. The van der Waals surface area contributed by atoms with Gasteiger partial charge in [0.1, 0.15) is 11.5 Å². The quantitative estimate of drug-likeness (QED) is 0.866. The van der Waals surface area contributed by atoms with E-state index in [2.05, 4.69) is 16.0 Å². The van der Waals surface area contributed by atoms with Crippen LogP contribution in [0.3, 0.4) is 0 Å². The third kappa shape index (κ3) is 3.37. The van der Waals surface area contributed by atoms with Crippen LogP contribution in [0.2, 0.25) is 0 Å². The van der Waals surface area contributed by atoms with Gasteiger partial charge in [0, 0.05) is 5.56 Å². The van der Waals surface area contributed by atoms with Crippen molar-refractivity contribution in [1.29, 1.82) is 0 Å². The van der Waals surface area contributed by atoms with Gasteiger partial charge in [-0.05, 0) is 31.1 Å². The average molecular weight is 258 g/mol. The Morgan fingerprint density at radius 3 is 2.53 bits per heavy atom. The second kappa shape index (κ2) is 6.64. The van der Waals surface area contributed by atoms with Crippen LogP contribution in [0.5, 0.6) is 11.5 Å². The van der Waals surface area contributed by atoms with Gasteiger partial charge >= 0.3 is 0 Å². The van der Waals surface area contributed by atoms with Crippen molar-refractivity contribution in [3.63, 3.8) is 0 Å². The Hall–Kier alpha value is -2.23. The summed E-state index contributed by atoms with van der Waals surface area (Å²) >= 11 is 0. The fraction of sp³-hybridized carbons (Fsp3) is 0.267. The molecule has 1 heterocycles. The predicted molar refractivity (Wildman–Crippen MR) is 75.5 cm³/mol. The molecule has 0 fully saturated rings. The molecule has 2 aromatic rings. The van der Waals surface area contributed by atoms with Gasteiger partial charge in [0.25, 0.3) is 0 Å². The van der Waals surface area contributed by atoms with E-state index >= 15 is 0 Å². The lowest BCUT2D eigenvalue weighted by molar-refractivity contribution is 0.385. The number of imidazole rings is 1. The van der Waals surface area contributed by atoms with Gasteiger partial charge in [-0.2, -0.15) is 0 Å². The first-order valence-corrected chi connectivity index (χ1v) is 6.20. The van der Waals surface area contributed by atoms with Crippen LogP contribution in [0.4, 0.5) is 0 Å². The lowest BCUT2D eigenvalue weighted by atomic mass is 10.1. The van der Waals surface area contributed by atoms with Crippen molar-refractivity contribution in [2.45, 2.75) is 12.8 Å². The van der Waals surface area contributed by atoms with Gasteiger partial charge in [0.15, 0.2) is 0 Å². The maximum Gasteiger partial charge on any atom is 0.125 e. The molecule has 0 aliphatic carbocycles. The number of ether oxygens (including phenoxy) is 2. The Labute approximate surface area is 113 Å². The number of H-pyrrole nitrogens is 1. The summed E-state index contributed by atoms with van der Waals surface area (Å²) in [5.74, 6) is 1.74. The van der Waals surface area contributed by atoms with Crippen molar-refractivity contribution in [3.8, 4) is 11.5 Å². The molecule has 4 nitrogen and oxygen atoms in total. The molecule has 0 spiro atoms. The van der Waals surface area contributed by atoms with Gasteiger partial charge in [-0.3, -0.25) is 0 Å². The van der Waals surface area contributed by atoms with Crippen LogP contribution < -0.4 is 9.47 Å². The Bertz CT molecular complexity index is 511. The SMILES string of the molecule is COc1cccc(OC)c1CCC=Cc1cnc[nH]1. The molecule has 0 saturated carbocycles. The number of aromatic nitrogens is 2. The van der Waals surface area contributed by atoms with Gasteiger partial charge in [-0.25, -0.2) is 4.98 Å². The summed E-state index contributed by atoms with van der Waals surface area (Å²) in [6.45, 7) is 0. The number of benzene rings is 1. The normalized spacial score (nSPS) is 10.8. The molecular weight excluding hydrogens is 240 g/mol. The minimum absolute atomic E-state index is 0.870. The third-order valence-electron chi connectivity index (χ3n) is 2.91. The first-order chi connectivity index (χ1) is 9.35. The monoisotopic (exact) mass is 258 g/mol. The molecule has 0 amide bonds. The predicted octanol–water partition coefficient (Wildman–Crippen LogP) is 3.07. The van der Waals surface area contributed by atoms with Crippen molar-refractivity contribution in [3.05, 3.63) is 48.1 Å². The summed E-state index contributed by atoms with van der Waals surface area (Å²) < 4.78 is 10.7. The van der Waals surface area contributed by atoms with Crippen molar-refractivity contribution in [2.75, 3.05) is 14.2 Å². The fourth-order valence-electron chi connectivity index (χ4n) is 1.97. The molecule has 2 rings (SSSR count). The molecule has 4 heteroatoms. The molecule has 0 saturated heterocycles.